The average Bonchev–Trinajstić information content (AvgIpc) is 2.33. The standard InChI is InChI=1S/C13H13FO2/c14-11-8-4-5-9-12(11)16-13(15)10-6-2-1-3-7-10/h1-2,4-5,8-10H,3,6-7H2. The second-order valence-electron chi connectivity index (χ2n) is 3.83. The fourth-order valence-electron chi connectivity index (χ4n) is 1.73. The van der Waals surface area contributed by atoms with Gasteiger partial charge < -0.3 is 4.74 Å². The number of carbonyl (C=O) groups is 1. The number of ether oxygens (including phenoxy) is 1. The van der Waals surface area contributed by atoms with Gasteiger partial charge in [0, 0.05) is 0 Å². The molecule has 0 aromatic heterocycles. The van der Waals surface area contributed by atoms with E-state index in [2.05, 4.69) is 0 Å². The molecule has 0 spiro atoms. The second kappa shape index (κ2) is 4.92. The van der Waals surface area contributed by atoms with Crippen LogP contribution in [0, 0.1) is 11.7 Å². The molecule has 0 aliphatic heterocycles. The third kappa shape index (κ3) is 2.48. The van der Waals surface area contributed by atoms with E-state index >= 15 is 0 Å². The highest BCUT2D eigenvalue weighted by Crippen LogP contribution is 2.22. The Morgan fingerprint density at radius 3 is 2.81 bits per heavy atom. The van der Waals surface area contributed by atoms with E-state index in [9.17, 15) is 9.18 Å². The van der Waals surface area contributed by atoms with Crippen LogP contribution in [0.15, 0.2) is 36.4 Å². The highest BCUT2D eigenvalue weighted by Gasteiger charge is 2.21. The molecule has 1 atom stereocenters. The Bertz CT molecular complexity index is 412. The first-order chi connectivity index (χ1) is 7.77. The van der Waals surface area contributed by atoms with E-state index in [0.717, 1.165) is 12.8 Å². The van der Waals surface area contributed by atoms with Crippen LogP contribution in [0.4, 0.5) is 4.39 Å². The molecule has 84 valence electrons. The van der Waals surface area contributed by atoms with Crippen LogP contribution in [0.3, 0.4) is 0 Å². The smallest absolute Gasteiger partial charge is 0.314 e. The van der Waals surface area contributed by atoms with E-state index in [1.807, 2.05) is 12.2 Å². The first-order valence-corrected chi connectivity index (χ1v) is 5.38. The summed E-state index contributed by atoms with van der Waals surface area (Å²) in [6, 6.07) is 5.96. The number of para-hydroxylation sites is 1. The predicted molar refractivity (Wildman–Crippen MR) is 58.5 cm³/mol. The van der Waals surface area contributed by atoms with E-state index in [1.54, 1.807) is 12.1 Å². The summed E-state index contributed by atoms with van der Waals surface area (Å²) in [4.78, 5) is 11.7. The molecule has 0 fully saturated rings. The number of allylic oxidation sites excluding steroid dienone is 2. The molecule has 1 aromatic rings. The first kappa shape index (κ1) is 10.9. The van der Waals surface area contributed by atoms with Gasteiger partial charge in [0.1, 0.15) is 0 Å². The number of halogens is 1. The topological polar surface area (TPSA) is 26.3 Å². The molecular formula is C13H13FO2. The summed E-state index contributed by atoms with van der Waals surface area (Å²) in [5, 5.41) is 0. The molecule has 0 bridgehead atoms. The van der Waals surface area contributed by atoms with Gasteiger partial charge >= 0.3 is 5.97 Å². The molecule has 16 heavy (non-hydrogen) atoms. The van der Waals surface area contributed by atoms with Crippen LogP contribution in [0.2, 0.25) is 0 Å². The number of hydrogen-bond acceptors (Lipinski definition) is 2. The zero-order valence-corrected chi connectivity index (χ0v) is 8.86. The van der Waals surface area contributed by atoms with Crippen molar-refractivity contribution in [2.45, 2.75) is 19.3 Å². The van der Waals surface area contributed by atoms with Gasteiger partial charge in [-0.05, 0) is 31.4 Å². The van der Waals surface area contributed by atoms with Crippen molar-refractivity contribution in [3.63, 3.8) is 0 Å². The molecule has 3 heteroatoms. The third-order valence-electron chi connectivity index (χ3n) is 2.65. The molecule has 0 amide bonds. The lowest BCUT2D eigenvalue weighted by Crippen LogP contribution is -2.21. The Kier molecular flexibility index (Phi) is 3.34. The van der Waals surface area contributed by atoms with E-state index in [-0.39, 0.29) is 17.6 Å². The van der Waals surface area contributed by atoms with Crippen LogP contribution in [-0.2, 0) is 4.79 Å². The van der Waals surface area contributed by atoms with Crippen LogP contribution in [0.5, 0.6) is 5.75 Å². The van der Waals surface area contributed by atoms with Crippen molar-refractivity contribution in [1.29, 1.82) is 0 Å². The lowest BCUT2D eigenvalue weighted by atomic mass is 9.95. The maximum atomic E-state index is 13.2. The molecule has 0 N–H and O–H groups in total. The summed E-state index contributed by atoms with van der Waals surface area (Å²) in [5.74, 6) is -0.955. The minimum atomic E-state index is -0.498. The third-order valence-corrected chi connectivity index (χ3v) is 2.65. The fraction of sp³-hybridized carbons (Fsp3) is 0.308. The summed E-state index contributed by atoms with van der Waals surface area (Å²) in [5.41, 5.74) is 0. The minimum Gasteiger partial charge on any atom is -0.423 e. The summed E-state index contributed by atoms with van der Waals surface area (Å²) in [7, 11) is 0. The van der Waals surface area contributed by atoms with E-state index in [0.29, 0.717) is 6.42 Å². The normalized spacial score (nSPS) is 19.4. The van der Waals surface area contributed by atoms with Gasteiger partial charge in [0.15, 0.2) is 11.6 Å². The maximum Gasteiger partial charge on any atom is 0.314 e. The predicted octanol–water partition coefficient (Wildman–Crippen LogP) is 3.09. The SMILES string of the molecule is O=C(Oc1ccccc1F)C1CC=CCC1. The van der Waals surface area contributed by atoms with Crippen molar-refractivity contribution < 1.29 is 13.9 Å². The van der Waals surface area contributed by atoms with E-state index in [4.69, 9.17) is 4.74 Å². The van der Waals surface area contributed by atoms with Gasteiger partial charge in [0.05, 0.1) is 5.92 Å². The molecule has 2 rings (SSSR count). The largest absolute Gasteiger partial charge is 0.423 e. The summed E-state index contributed by atoms with van der Waals surface area (Å²) < 4.78 is 18.3. The van der Waals surface area contributed by atoms with Crippen molar-refractivity contribution in [1.82, 2.24) is 0 Å². The first-order valence-electron chi connectivity index (χ1n) is 5.38. The van der Waals surface area contributed by atoms with Crippen LogP contribution in [0.1, 0.15) is 19.3 Å². The van der Waals surface area contributed by atoms with Gasteiger partial charge in [0.25, 0.3) is 0 Å². The van der Waals surface area contributed by atoms with Crippen LogP contribution in [0.25, 0.3) is 0 Å². The molecule has 0 saturated heterocycles. The van der Waals surface area contributed by atoms with Crippen LogP contribution < -0.4 is 4.74 Å². The Morgan fingerprint density at radius 2 is 2.12 bits per heavy atom. The van der Waals surface area contributed by atoms with E-state index in [1.165, 1.54) is 12.1 Å². The number of hydrogen-bond donors (Lipinski definition) is 0. The molecule has 0 saturated carbocycles. The number of benzene rings is 1. The number of esters is 1. The van der Waals surface area contributed by atoms with Crippen LogP contribution in [-0.4, -0.2) is 5.97 Å². The van der Waals surface area contributed by atoms with Gasteiger partial charge in [-0.3, -0.25) is 4.79 Å². The highest BCUT2D eigenvalue weighted by molar-refractivity contribution is 5.75. The quantitative estimate of drug-likeness (QED) is 0.435. The molecule has 2 nitrogen and oxygen atoms in total. The van der Waals surface area contributed by atoms with Crippen molar-refractivity contribution in [2.75, 3.05) is 0 Å². The van der Waals surface area contributed by atoms with Crippen molar-refractivity contribution in [3.05, 3.63) is 42.2 Å². The lowest BCUT2D eigenvalue weighted by molar-refractivity contribution is -0.139. The Labute approximate surface area is 93.7 Å². The van der Waals surface area contributed by atoms with Gasteiger partial charge in [-0.25, -0.2) is 4.39 Å². The van der Waals surface area contributed by atoms with Gasteiger partial charge in [-0.15, -0.1) is 0 Å². The Morgan fingerprint density at radius 1 is 1.31 bits per heavy atom. The van der Waals surface area contributed by atoms with Crippen molar-refractivity contribution >= 4 is 5.97 Å². The summed E-state index contributed by atoms with van der Waals surface area (Å²) >= 11 is 0. The van der Waals surface area contributed by atoms with Gasteiger partial charge in [0.2, 0.25) is 0 Å². The Balaban J connectivity index is 2.02. The zero-order chi connectivity index (χ0) is 11.4. The molecule has 0 radical (unpaired) electrons. The lowest BCUT2D eigenvalue weighted by Gasteiger charge is -2.16. The number of rotatable bonds is 2. The van der Waals surface area contributed by atoms with Crippen molar-refractivity contribution in [3.8, 4) is 5.75 Å². The van der Waals surface area contributed by atoms with E-state index < -0.39 is 5.82 Å². The number of carbonyl (C=O) groups excluding carboxylic acids is 1. The highest BCUT2D eigenvalue weighted by atomic mass is 19.1. The maximum absolute atomic E-state index is 13.2. The molecule has 1 aliphatic rings. The molecule has 0 heterocycles. The molecular weight excluding hydrogens is 207 g/mol. The zero-order valence-electron chi connectivity index (χ0n) is 8.86. The molecule has 1 aliphatic carbocycles. The monoisotopic (exact) mass is 220 g/mol. The Hall–Kier alpha value is -1.64. The molecule has 1 aromatic carbocycles. The van der Waals surface area contributed by atoms with Crippen molar-refractivity contribution in [2.24, 2.45) is 5.92 Å². The van der Waals surface area contributed by atoms with Crippen LogP contribution >= 0.6 is 0 Å². The summed E-state index contributed by atoms with van der Waals surface area (Å²) in [6.07, 6.45) is 6.37. The minimum absolute atomic E-state index is 0.0158. The fourth-order valence-corrected chi connectivity index (χ4v) is 1.73. The van der Waals surface area contributed by atoms with Gasteiger partial charge in [-0.1, -0.05) is 24.3 Å². The molecule has 1 unspecified atom stereocenters. The second-order valence-corrected chi connectivity index (χ2v) is 3.83. The van der Waals surface area contributed by atoms with Gasteiger partial charge in [-0.2, -0.15) is 0 Å². The summed E-state index contributed by atoms with van der Waals surface area (Å²) in [6.45, 7) is 0. The average molecular weight is 220 g/mol.